The highest BCUT2D eigenvalue weighted by Gasteiger charge is 2.32. The van der Waals surface area contributed by atoms with E-state index in [1.54, 1.807) is 4.57 Å². The van der Waals surface area contributed by atoms with Gasteiger partial charge in [0.1, 0.15) is 5.82 Å². The van der Waals surface area contributed by atoms with Crippen LogP contribution in [-0.2, 0) is 6.54 Å². The minimum atomic E-state index is -2.21. The van der Waals surface area contributed by atoms with Crippen molar-refractivity contribution in [1.29, 1.82) is 0 Å². The van der Waals surface area contributed by atoms with Crippen molar-refractivity contribution in [2.24, 2.45) is 0 Å². The average molecular weight is 737 g/mol. The maximum Gasteiger partial charge on any atom is 0.200 e. The van der Waals surface area contributed by atoms with Crippen molar-refractivity contribution in [2.45, 2.75) is 6.54 Å². The van der Waals surface area contributed by atoms with Crippen molar-refractivity contribution in [3.8, 4) is 45.0 Å². The molecule has 0 aliphatic heterocycles. The van der Waals surface area contributed by atoms with Crippen molar-refractivity contribution in [1.82, 2.24) is 9.55 Å². The molecule has 264 valence electrons. The molecule has 0 aliphatic rings. The summed E-state index contributed by atoms with van der Waals surface area (Å²) in [6, 6.07) is 54.4. The predicted octanol–water partition coefficient (Wildman–Crippen LogP) is 11.1. The van der Waals surface area contributed by atoms with Crippen molar-refractivity contribution in [2.75, 3.05) is 0 Å². The zero-order valence-electron chi connectivity index (χ0n) is 28.6. The summed E-state index contributed by atoms with van der Waals surface area (Å²) in [6.45, 7) is -0.706. The van der Waals surface area contributed by atoms with Gasteiger partial charge in [-0.1, -0.05) is 170 Å². The molecule has 8 aromatic rings. The van der Waals surface area contributed by atoms with Crippen molar-refractivity contribution in [3.05, 3.63) is 205 Å². The van der Waals surface area contributed by atoms with Crippen LogP contribution in [0.5, 0.6) is 0 Å². The normalized spacial score (nSPS) is 11.3. The molecule has 0 unspecified atom stereocenters. The summed E-state index contributed by atoms with van der Waals surface area (Å²) < 4.78 is 77.2. The number of halogens is 5. The molecule has 0 saturated heterocycles. The quantitative estimate of drug-likeness (QED) is 0.0624. The maximum atomic E-state index is 15.7. The average Bonchev–Trinajstić information content (AvgIpc) is 3.61. The Kier molecular flexibility index (Phi) is 9.73. The molecule has 0 amide bonds. The van der Waals surface area contributed by atoms with E-state index >= 15 is 8.78 Å². The molecule has 1 aromatic heterocycles. The van der Waals surface area contributed by atoms with Gasteiger partial charge in [0, 0.05) is 22.3 Å². The van der Waals surface area contributed by atoms with Crippen molar-refractivity contribution < 1.29 is 22.0 Å². The van der Waals surface area contributed by atoms with Crippen molar-refractivity contribution in [3.63, 3.8) is 0 Å². The molecule has 0 spiro atoms. The fourth-order valence-corrected chi connectivity index (χ4v) is 9.31. The molecule has 0 N–H and O–H groups in total. The fraction of sp³-hybridized carbons (Fsp3) is 0.0217. The van der Waals surface area contributed by atoms with Crippen LogP contribution in [-0.4, -0.2) is 9.55 Å². The first-order valence-electron chi connectivity index (χ1n) is 17.2. The molecule has 0 saturated carbocycles. The summed E-state index contributed by atoms with van der Waals surface area (Å²) in [6.07, 6.45) is 0. The Hall–Kier alpha value is -6.17. The Labute approximate surface area is 310 Å². The fourth-order valence-electron chi connectivity index (χ4n) is 6.83. The lowest BCUT2D eigenvalue weighted by Gasteiger charge is -2.25. The van der Waals surface area contributed by atoms with Crippen LogP contribution in [0.1, 0.15) is 5.56 Å². The summed E-state index contributed by atoms with van der Waals surface area (Å²) >= 11 is 0. The third-order valence-electron chi connectivity index (χ3n) is 9.30. The van der Waals surface area contributed by atoms with Crippen LogP contribution in [0.4, 0.5) is 22.0 Å². The predicted molar refractivity (Wildman–Crippen MR) is 208 cm³/mol. The Morgan fingerprint density at radius 1 is 0.444 bits per heavy atom. The minimum absolute atomic E-state index is 0.311. The van der Waals surface area contributed by atoms with E-state index in [0.717, 1.165) is 27.0 Å². The molecule has 54 heavy (non-hydrogen) atoms. The third-order valence-corrected chi connectivity index (χ3v) is 11.8. The highest BCUT2D eigenvalue weighted by Crippen LogP contribution is 2.44. The lowest BCUT2D eigenvalue weighted by atomic mass is 9.99. The van der Waals surface area contributed by atoms with E-state index in [-0.39, 0.29) is 0 Å². The van der Waals surface area contributed by atoms with Crippen LogP contribution in [0.15, 0.2) is 170 Å². The second-order valence-electron chi connectivity index (χ2n) is 12.6. The van der Waals surface area contributed by atoms with E-state index in [2.05, 4.69) is 24.3 Å². The molecule has 8 heteroatoms. The van der Waals surface area contributed by atoms with Crippen LogP contribution in [0.2, 0.25) is 0 Å². The van der Waals surface area contributed by atoms with E-state index in [0.29, 0.717) is 33.9 Å². The number of benzene rings is 7. The first-order chi connectivity index (χ1) is 26.4. The summed E-state index contributed by atoms with van der Waals surface area (Å²) in [5.74, 6) is -9.68. The Morgan fingerprint density at radius 2 is 0.889 bits per heavy atom. The summed E-state index contributed by atoms with van der Waals surface area (Å²) in [7, 11) is -1.28. The van der Waals surface area contributed by atoms with Gasteiger partial charge in [-0.05, 0) is 35.0 Å². The molecular formula is C46H30F5N2P. The highest BCUT2D eigenvalue weighted by atomic mass is 31.1. The standard InChI is InChI=1S/C46H30F5N2P/c47-39-36(40(48)42(50)43(51)41(39)49)29-53-45(32-21-10-3-11-22-32)44(31-19-8-2-9-20-31)52-46(53)38-35(30-17-6-1-7-18-30)27-16-28-37(38)54(33-23-12-4-13-24-33)34-25-14-5-15-26-34/h1-28H,29H2. The maximum absolute atomic E-state index is 15.7. The number of hydrogen-bond donors (Lipinski definition) is 0. The highest BCUT2D eigenvalue weighted by molar-refractivity contribution is 7.80. The minimum Gasteiger partial charge on any atom is -0.319 e. The van der Waals surface area contributed by atoms with Crippen LogP contribution in [0.25, 0.3) is 45.0 Å². The molecule has 0 radical (unpaired) electrons. The van der Waals surface area contributed by atoms with Gasteiger partial charge >= 0.3 is 0 Å². The number of rotatable bonds is 9. The topological polar surface area (TPSA) is 17.8 Å². The Balaban J connectivity index is 1.53. The second kappa shape index (κ2) is 15.1. The van der Waals surface area contributed by atoms with Gasteiger partial charge in [0.25, 0.3) is 0 Å². The lowest BCUT2D eigenvalue weighted by molar-refractivity contribution is 0.368. The van der Waals surface area contributed by atoms with Gasteiger partial charge in [0.2, 0.25) is 5.82 Å². The molecule has 2 nitrogen and oxygen atoms in total. The van der Waals surface area contributed by atoms with E-state index in [4.69, 9.17) is 4.98 Å². The molecule has 7 aromatic carbocycles. The SMILES string of the molecule is Fc1c(F)c(F)c(Cn2c(-c3c(-c4ccccc4)cccc3P(c3ccccc3)c3ccccc3)nc(-c3ccccc3)c2-c2ccccc2)c(F)c1F. The Morgan fingerprint density at radius 3 is 1.41 bits per heavy atom. The van der Waals surface area contributed by atoms with E-state index < -0.39 is 49.1 Å². The monoisotopic (exact) mass is 736 g/mol. The molecule has 0 aliphatic carbocycles. The zero-order valence-corrected chi connectivity index (χ0v) is 29.5. The van der Waals surface area contributed by atoms with E-state index in [9.17, 15) is 13.2 Å². The van der Waals surface area contributed by atoms with Crippen LogP contribution >= 0.6 is 7.92 Å². The molecule has 0 bridgehead atoms. The molecule has 0 atom stereocenters. The number of aromatic nitrogens is 2. The number of hydrogen-bond acceptors (Lipinski definition) is 1. The smallest absolute Gasteiger partial charge is 0.200 e. The van der Waals surface area contributed by atoms with Gasteiger partial charge in [-0.25, -0.2) is 26.9 Å². The summed E-state index contributed by atoms with van der Waals surface area (Å²) in [4.78, 5) is 5.33. The van der Waals surface area contributed by atoms with Gasteiger partial charge in [-0.3, -0.25) is 0 Å². The van der Waals surface area contributed by atoms with E-state index in [1.807, 2.05) is 146 Å². The zero-order chi connectivity index (χ0) is 37.2. The number of imidazole rings is 1. The van der Waals surface area contributed by atoms with Gasteiger partial charge in [-0.15, -0.1) is 0 Å². The van der Waals surface area contributed by atoms with Gasteiger partial charge in [-0.2, -0.15) is 0 Å². The van der Waals surface area contributed by atoms with Gasteiger partial charge < -0.3 is 4.57 Å². The van der Waals surface area contributed by atoms with Crippen LogP contribution in [0.3, 0.4) is 0 Å². The molecule has 1 heterocycles. The first-order valence-corrected chi connectivity index (χ1v) is 18.6. The third kappa shape index (κ3) is 6.41. The van der Waals surface area contributed by atoms with Crippen LogP contribution < -0.4 is 15.9 Å². The molecule has 8 rings (SSSR count). The van der Waals surface area contributed by atoms with Gasteiger partial charge in [0.05, 0.1) is 17.9 Å². The lowest BCUT2D eigenvalue weighted by Crippen LogP contribution is -2.23. The number of nitrogens with zero attached hydrogens (tertiary/aromatic N) is 2. The molecule has 0 fully saturated rings. The Bertz CT molecular complexity index is 2490. The summed E-state index contributed by atoms with van der Waals surface area (Å²) in [5, 5.41) is 3.00. The van der Waals surface area contributed by atoms with Crippen molar-refractivity contribution >= 4 is 23.8 Å². The van der Waals surface area contributed by atoms with Gasteiger partial charge in [0.15, 0.2) is 23.3 Å². The second-order valence-corrected chi connectivity index (χ2v) is 14.8. The van der Waals surface area contributed by atoms with Crippen LogP contribution in [0, 0.1) is 29.1 Å². The van der Waals surface area contributed by atoms with E-state index in [1.165, 1.54) is 0 Å². The summed E-state index contributed by atoms with van der Waals surface area (Å²) in [5.41, 5.74) is 3.65. The largest absolute Gasteiger partial charge is 0.319 e. The molecular weight excluding hydrogens is 706 g/mol. The first kappa shape index (κ1) is 34.9.